The topological polar surface area (TPSA) is 58.7 Å². The molecule has 0 saturated carbocycles. The maximum Gasteiger partial charge on any atom is 0.119 e. The van der Waals surface area contributed by atoms with Gasteiger partial charge in [-0.3, -0.25) is 5.84 Å². The number of hydrogen-bond acceptors (Lipinski definition) is 4. The van der Waals surface area contributed by atoms with Crippen LogP contribution in [0.3, 0.4) is 0 Å². The molecule has 15 heavy (non-hydrogen) atoms. The average Bonchev–Trinajstić information content (AvgIpc) is 2.55. The molecule has 0 radical (unpaired) electrons. The van der Waals surface area contributed by atoms with Crippen LogP contribution in [-0.2, 0) is 6.42 Å². The van der Waals surface area contributed by atoms with Gasteiger partial charge in [-0.05, 0) is 29.7 Å². The zero-order valence-corrected chi connectivity index (χ0v) is 8.97. The third kappa shape index (κ3) is 1.71. The minimum atomic E-state index is -0.499. The van der Waals surface area contributed by atoms with Crippen LogP contribution < -0.4 is 10.6 Å². The average molecular weight is 208 g/mol. The molecule has 0 fully saturated rings. The predicted molar refractivity (Wildman–Crippen MR) is 57.4 cm³/mol. The van der Waals surface area contributed by atoms with E-state index in [0.29, 0.717) is 0 Å². The maximum atomic E-state index is 10.0. The Labute approximate surface area is 89.2 Å². The van der Waals surface area contributed by atoms with Crippen molar-refractivity contribution in [2.45, 2.75) is 18.6 Å². The largest absolute Gasteiger partial charge is 0.497 e. The summed E-state index contributed by atoms with van der Waals surface area (Å²) in [5.41, 5.74) is 2.07. The molecular weight excluding hydrogens is 192 g/mol. The van der Waals surface area contributed by atoms with Gasteiger partial charge in [-0.25, -0.2) is 5.01 Å². The Bertz CT molecular complexity index is 366. The Morgan fingerprint density at radius 2 is 2.27 bits per heavy atom. The van der Waals surface area contributed by atoms with Crippen molar-refractivity contribution in [1.82, 2.24) is 5.01 Å². The summed E-state index contributed by atoms with van der Waals surface area (Å²) < 4.78 is 5.14. The van der Waals surface area contributed by atoms with E-state index in [9.17, 15) is 5.11 Å². The standard InChI is InChI=1S/C11H16N2O2/c1-13(12)10-6-7-5-8(15-2)3-4-9(7)11(10)14/h3-5,10-11,14H,6,12H2,1-2H3. The van der Waals surface area contributed by atoms with E-state index in [1.165, 1.54) is 0 Å². The summed E-state index contributed by atoms with van der Waals surface area (Å²) in [6.45, 7) is 0. The lowest BCUT2D eigenvalue weighted by Gasteiger charge is -2.21. The highest BCUT2D eigenvalue weighted by Gasteiger charge is 2.32. The first-order valence-corrected chi connectivity index (χ1v) is 4.96. The fraction of sp³-hybridized carbons (Fsp3) is 0.455. The third-order valence-corrected chi connectivity index (χ3v) is 2.99. The second kappa shape index (κ2) is 3.81. The zero-order valence-electron chi connectivity index (χ0n) is 8.97. The van der Waals surface area contributed by atoms with Crippen LogP contribution in [0.15, 0.2) is 18.2 Å². The summed E-state index contributed by atoms with van der Waals surface area (Å²) in [4.78, 5) is 0. The summed E-state index contributed by atoms with van der Waals surface area (Å²) in [5.74, 6) is 6.50. The lowest BCUT2D eigenvalue weighted by Crippen LogP contribution is -2.40. The number of hydrazine groups is 1. The minimum absolute atomic E-state index is 0.0351. The monoisotopic (exact) mass is 208 g/mol. The smallest absolute Gasteiger partial charge is 0.119 e. The second-order valence-electron chi connectivity index (χ2n) is 3.95. The lowest BCUT2D eigenvalue weighted by atomic mass is 10.1. The van der Waals surface area contributed by atoms with Crippen LogP contribution in [0.2, 0.25) is 0 Å². The molecular formula is C11H16N2O2. The molecule has 0 heterocycles. The van der Waals surface area contributed by atoms with Crippen molar-refractivity contribution in [1.29, 1.82) is 0 Å². The molecule has 0 spiro atoms. The molecule has 1 aliphatic carbocycles. The number of methoxy groups -OCH3 is 1. The quantitative estimate of drug-likeness (QED) is 0.547. The van der Waals surface area contributed by atoms with Crippen LogP contribution in [0.5, 0.6) is 5.75 Å². The Hall–Kier alpha value is -1.10. The first-order valence-electron chi connectivity index (χ1n) is 4.96. The van der Waals surface area contributed by atoms with Crippen LogP contribution in [0.1, 0.15) is 17.2 Å². The van der Waals surface area contributed by atoms with Gasteiger partial charge in [0, 0.05) is 7.05 Å². The minimum Gasteiger partial charge on any atom is -0.497 e. The van der Waals surface area contributed by atoms with E-state index in [1.54, 1.807) is 19.2 Å². The molecule has 0 amide bonds. The van der Waals surface area contributed by atoms with E-state index in [4.69, 9.17) is 10.6 Å². The van der Waals surface area contributed by atoms with Gasteiger partial charge in [0.05, 0.1) is 19.3 Å². The number of nitrogens with zero attached hydrogens (tertiary/aromatic N) is 1. The third-order valence-electron chi connectivity index (χ3n) is 2.99. The number of hydrogen-bond donors (Lipinski definition) is 2. The molecule has 0 saturated heterocycles. The molecule has 4 heteroatoms. The molecule has 2 rings (SSSR count). The molecule has 0 aliphatic heterocycles. The molecule has 3 N–H and O–H groups in total. The summed E-state index contributed by atoms with van der Waals surface area (Å²) in [5, 5.41) is 11.6. The molecule has 82 valence electrons. The number of ether oxygens (including phenoxy) is 1. The van der Waals surface area contributed by atoms with Crippen molar-refractivity contribution in [2.24, 2.45) is 5.84 Å². The zero-order chi connectivity index (χ0) is 11.0. The van der Waals surface area contributed by atoms with Crippen LogP contribution in [0.4, 0.5) is 0 Å². The molecule has 1 aromatic carbocycles. The van der Waals surface area contributed by atoms with Crippen molar-refractivity contribution in [3.8, 4) is 5.75 Å². The molecule has 2 unspecified atom stereocenters. The molecule has 2 atom stereocenters. The van der Waals surface area contributed by atoms with E-state index in [1.807, 2.05) is 18.2 Å². The number of fused-ring (bicyclic) bond motifs is 1. The number of aliphatic hydroxyl groups excluding tert-OH is 1. The normalized spacial score (nSPS) is 24.3. The number of benzene rings is 1. The number of likely N-dealkylation sites (N-methyl/N-ethyl adjacent to an activating group) is 1. The number of nitrogens with two attached hydrogens (primary N) is 1. The van der Waals surface area contributed by atoms with Crippen molar-refractivity contribution in [3.63, 3.8) is 0 Å². The Morgan fingerprint density at radius 3 is 2.87 bits per heavy atom. The number of aliphatic hydroxyl groups is 1. The SMILES string of the molecule is COc1ccc2c(c1)CC(N(C)N)C2O. The summed E-state index contributed by atoms with van der Waals surface area (Å²) >= 11 is 0. The fourth-order valence-electron chi connectivity index (χ4n) is 2.09. The van der Waals surface area contributed by atoms with Gasteiger partial charge in [-0.1, -0.05) is 6.07 Å². The van der Waals surface area contributed by atoms with Crippen LogP contribution in [-0.4, -0.2) is 30.3 Å². The highest BCUT2D eigenvalue weighted by molar-refractivity contribution is 5.41. The Kier molecular flexibility index (Phi) is 2.65. The van der Waals surface area contributed by atoms with Gasteiger partial charge in [0.25, 0.3) is 0 Å². The molecule has 1 aliphatic rings. The van der Waals surface area contributed by atoms with Crippen molar-refractivity contribution < 1.29 is 9.84 Å². The first-order chi connectivity index (χ1) is 7.13. The fourth-order valence-corrected chi connectivity index (χ4v) is 2.09. The van der Waals surface area contributed by atoms with E-state index in [2.05, 4.69) is 0 Å². The van der Waals surface area contributed by atoms with Crippen molar-refractivity contribution in [2.75, 3.05) is 14.2 Å². The molecule has 1 aromatic rings. The van der Waals surface area contributed by atoms with Gasteiger partial charge in [0.1, 0.15) is 5.75 Å². The summed E-state index contributed by atoms with van der Waals surface area (Å²) in [6.07, 6.45) is 0.265. The van der Waals surface area contributed by atoms with E-state index >= 15 is 0 Å². The van der Waals surface area contributed by atoms with Gasteiger partial charge < -0.3 is 9.84 Å². The number of rotatable bonds is 2. The summed E-state index contributed by atoms with van der Waals surface area (Å²) in [7, 11) is 3.41. The molecule has 4 nitrogen and oxygen atoms in total. The predicted octanol–water partition coefficient (Wildman–Crippen LogP) is 0.459. The van der Waals surface area contributed by atoms with E-state index < -0.39 is 6.10 Å². The second-order valence-corrected chi connectivity index (χ2v) is 3.95. The van der Waals surface area contributed by atoms with Gasteiger partial charge in [0.15, 0.2) is 0 Å². The van der Waals surface area contributed by atoms with E-state index in [-0.39, 0.29) is 6.04 Å². The molecule has 0 aromatic heterocycles. The highest BCUT2D eigenvalue weighted by atomic mass is 16.5. The van der Waals surface area contributed by atoms with Gasteiger partial charge >= 0.3 is 0 Å². The van der Waals surface area contributed by atoms with Crippen LogP contribution >= 0.6 is 0 Å². The molecule has 0 bridgehead atoms. The van der Waals surface area contributed by atoms with Gasteiger partial charge in [0.2, 0.25) is 0 Å². The Morgan fingerprint density at radius 1 is 1.53 bits per heavy atom. The van der Waals surface area contributed by atoms with Gasteiger partial charge in [-0.15, -0.1) is 0 Å². The highest BCUT2D eigenvalue weighted by Crippen LogP contribution is 2.35. The Balaban J connectivity index is 2.32. The van der Waals surface area contributed by atoms with Crippen molar-refractivity contribution >= 4 is 0 Å². The maximum absolute atomic E-state index is 10.0. The van der Waals surface area contributed by atoms with Crippen LogP contribution in [0, 0.1) is 0 Å². The van der Waals surface area contributed by atoms with Crippen LogP contribution in [0.25, 0.3) is 0 Å². The lowest BCUT2D eigenvalue weighted by molar-refractivity contribution is 0.0764. The van der Waals surface area contributed by atoms with Gasteiger partial charge in [-0.2, -0.15) is 0 Å². The van der Waals surface area contributed by atoms with E-state index in [0.717, 1.165) is 23.3 Å². The summed E-state index contributed by atoms with van der Waals surface area (Å²) in [6, 6.07) is 5.69. The first kappa shape index (κ1) is 10.4. The van der Waals surface area contributed by atoms with Crippen molar-refractivity contribution in [3.05, 3.63) is 29.3 Å².